The fraction of sp³-hybridized carbons (Fsp3) is 0.533. The average molecular weight is 297 g/mol. The van der Waals surface area contributed by atoms with Crippen molar-refractivity contribution < 1.29 is 9.53 Å². The van der Waals surface area contributed by atoms with Crippen LogP contribution in [-0.4, -0.2) is 42.6 Å². The zero-order chi connectivity index (χ0) is 14.5. The van der Waals surface area contributed by atoms with Gasteiger partial charge >= 0.3 is 0 Å². The van der Waals surface area contributed by atoms with Crippen LogP contribution in [0.4, 0.5) is 5.69 Å². The zero-order valence-corrected chi connectivity index (χ0v) is 12.7. The Morgan fingerprint density at radius 1 is 1.50 bits per heavy atom. The molecule has 1 aromatic carbocycles. The van der Waals surface area contributed by atoms with Crippen LogP contribution in [-0.2, 0) is 9.53 Å². The third-order valence-corrected chi connectivity index (χ3v) is 3.71. The molecule has 0 bridgehead atoms. The summed E-state index contributed by atoms with van der Waals surface area (Å²) in [6, 6.07) is 7.56. The quantitative estimate of drug-likeness (QED) is 0.929. The van der Waals surface area contributed by atoms with Crippen molar-refractivity contribution in [3.05, 3.63) is 29.3 Å². The Morgan fingerprint density at radius 2 is 2.30 bits per heavy atom. The predicted octanol–water partition coefficient (Wildman–Crippen LogP) is 2.78. The molecule has 1 heterocycles. The number of carbonyl (C=O) groups is 1. The van der Waals surface area contributed by atoms with Crippen LogP contribution in [0.1, 0.15) is 20.3 Å². The third-order valence-electron chi connectivity index (χ3n) is 3.47. The highest BCUT2D eigenvalue weighted by atomic mass is 35.5. The first-order valence-corrected chi connectivity index (χ1v) is 7.33. The van der Waals surface area contributed by atoms with Crippen LogP contribution in [0.2, 0.25) is 5.02 Å². The molecule has 20 heavy (non-hydrogen) atoms. The largest absolute Gasteiger partial charge is 0.376 e. The monoisotopic (exact) mass is 296 g/mol. The molecule has 1 amide bonds. The van der Waals surface area contributed by atoms with Crippen molar-refractivity contribution in [3.8, 4) is 0 Å². The molecule has 1 aliphatic rings. The van der Waals surface area contributed by atoms with Crippen LogP contribution >= 0.6 is 11.6 Å². The van der Waals surface area contributed by atoms with E-state index in [0.29, 0.717) is 17.5 Å². The van der Waals surface area contributed by atoms with Gasteiger partial charge in [-0.1, -0.05) is 17.7 Å². The minimum Gasteiger partial charge on any atom is -0.376 e. The number of amides is 1. The van der Waals surface area contributed by atoms with E-state index in [1.54, 1.807) is 12.1 Å². The van der Waals surface area contributed by atoms with Gasteiger partial charge in [0.2, 0.25) is 5.91 Å². The van der Waals surface area contributed by atoms with Crippen molar-refractivity contribution in [2.45, 2.75) is 32.4 Å². The lowest BCUT2D eigenvalue weighted by Crippen LogP contribution is -2.48. The van der Waals surface area contributed by atoms with Crippen molar-refractivity contribution in [2.24, 2.45) is 0 Å². The van der Waals surface area contributed by atoms with E-state index in [-0.39, 0.29) is 12.0 Å². The number of morpholine rings is 1. The van der Waals surface area contributed by atoms with E-state index in [0.717, 1.165) is 25.4 Å². The van der Waals surface area contributed by atoms with Gasteiger partial charge in [-0.3, -0.25) is 9.69 Å². The number of nitrogens with one attached hydrogen (secondary N) is 1. The molecule has 0 aliphatic carbocycles. The second-order valence-corrected chi connectivity index (χ2v) is 5.73. The van der Waals surface area contributed by atoms with Crippen LogP contribution in [0.5, 0.6) is 0 Å². The topological polar surface area (TPSA) is 41.6 Å². The molecule has 0 aromatic heterocycles. The van der Waals surface area contributed by atoms with Crippen LogP contribution in [0, 0.1) is 0 Å². The van der Waals surface area contributed by atoms with Crippen molar-refractivity contribution in [3.63, 3.8) is 0 Å². The van der Waals surface area contributed by atoms with E-state index in [1.807, 2.05) is 12.1 Å². The lowest BCUT2D eigenvalue weighted by atomic mass is 10.2. The normalized spacial score (nSPS) is 23.6. The van der Waals surface area contributed by atoms with Gasteiger partial charge < -0.3 is 10.1 Å². The molecule has 1 aliphatic heterocycles. The number of anilines is 1. The molecule has 1 fully saturated rings. The Morgan fingerprint density at radius 3 is 3.05 bits per heavy atom. The number of ether oxygens (including phenoxy) is 1. The summed E-state index contributed by atoms with van der Waals surface area (Å²) in [6.07, 6.45) is 0.714. The van der Waals surface area contributed by atoms with Crippen LogP contribution < -0.4 is 5.32 Å². The summed E-state index contributed by atoms with van der Waals surface area (Å²) in [7, 11) is 0. The molecule has 2 unspecified atom stereocenters. The van der Waals surface area contributed by atoms with Gasteiger partial charge in [0.25, 0.3) is 0 Å². The summed E-state index contributed by atoms with van der Waals surface area (Å²) in [5, 5.41) is 3.49. The lowest BCUT2D eigenvalue weighted by molar-refractivity contribution is -0.117. The van der Waals surface area contributed by atoms with Gasteiger partial charge in [-0.25, -0.2) is 0 Å². The number of nitrogens with zero attached hydrogens (tertiary/aromatic N) is 1. The van der Waals surface area contributed by atoms with Crippen LogP contribution in [0.15, 0.2) is 24.3 Å². The predicted molar refractivity (Wildman–Crippen MR) is 81.1 cm³/mol. The Balaban J connectivity index is 1.80. The van der Waals surface area contributed by atoms with E-state index < -0.39 is 0 Å². The van der Waals surface area contributed by atoms with Crippen LogP contribution in [0.3, 0.4) is 0 Å². The first kappa shape index (κ1) is 15.3. The maximum absolute atomic E-state index is 11.9. The number of benzene rings is 1. The second-order valence-electron chi connectivity index (χ2n) is 5.30. The second kappa shape index (κ2) is 7.07. The van der Waals surface area contributed by atoms with Gasteiger partial charge in [-0.2, -0.15) is 0 Å². The first-order chi connectivity index (χ1) is 9.54. The minimum absolute atomic E-state index is 0.0126. The van der Waals surface area contributed by atoms with Gasteiger partial charge in [-0.15, -0.1) is 0 Å². The van der Waals surface area contributed by atoms with Gasteiger partial charge in [0, 0.05) is 36.3 Å². The number of carbonyl (C=O) groups excluding carboxylic acids is 1. The fourth-order valence-corrected chi connectivity index (χ4v) is 2.51. The summed E-state index contributed by atoms with van der Waals surface area (Å²) in [6.45, 7) is 6.55. The molecule has 1 aromatic rings. The molecule has 4 nitrogen and oxygen atoms in total. The summed E-state index contributed by atoms with van der Waals surface area (Å²) < 4.78 is 5.58. The standard InChI is InChI=1S/C15H21ClN2O2/c1-11-10-20-12(2)9-18(11)7-6-15(19)17-14-5-3-4-13(16)8-14/h3-5,8,11-12H,6-7,9-10H2,1-2H3,(H,17,19). The molecule has 2 rings (SSSR count). The molecular weight excluding hydrogens is 276 g/mol. The molecule has 1 N–H and O–H groups in total. The molecular formula is C15H21ClN2O2. The summed E-state index contributed by atoms with van der Waals surface area (Å²) in [5.74, 6) is 0.0126. The smallest absolute Gasteiger partial charge is 0.225 e. The average Bonchev–Trinajstić information content (AvgIpc) is 2.40. The van der Waals surface area contributed by atoms with Crippen molar-refractivity contribution in [1.82, 2.24) is 4.90 Å². The number of hydrogen-bond acceptors (Lipinski definition) is 3. The molecule has 110 valence electrons. The summed E-state index contributed by atoms with van der Waals surface area (Å²) in [5.41, 5.74) is 0.742. The van der Waals surface area contributed by atoms with E-state index in [4.69, 9.17) is 16.3 Å². The fourth-order valence-electron chi connectivity index (χ4n) is 2.32. The highest BCUT2D eigenvalue weighted by Gasteiger charge is 2.23. The lowest BCUT2D eigenvalue weighted by Gasteiger charge is -2.36. The highest BCUT2D eigenvalue weighted by Crippen LogP contribution is 2.16. The van der Waals surface area contributed by atoms with E-state index in [2.05, 4.69) is 24.1 Å². The van der Waals surface area contributed by atoms with Crippen LogP contribution in [0.25, 0.3) is 0 Å². The number of halogens is 1. The van der Waals surface area contributed by atoms with Gasteiger partial charge in [0.1, 0.15) is 0 Å². The minimum atomic E-state index is 0.0126. The summed E-state index contributed by atoms with van der Waals surface area (Å²) in [4.78, 5) is 14.2. The molecule has 0 saturated carbocycles. The molecule has 2 atom stereocenters. The summed E-state index contributed by atoms with van der Waals surface area (Å²) >= 11 is 5.89. The first-order valence-electron chi connectivity index (χ1n) is 6.95. The van der Waals surface area contributed by atoms with Gasteiger partial charge in [0.15, 0.2) is 0 Å². The third kappa shape index (κ3) is 4.47. The van der Waals surface area contributed by atoms with Crippen molar-refractivity contribution >= 4 is 23.2 Å². The molecule has 1 saturated heterocycles. The highest BCUT2D eigenvalue weighted by molar-refractivity contribution is 6.30. The van der Waals surface area contributed by atoms with E-state index in [9.17, 15) is 4.79 Å². The molecule has 0 spiro atoms. The Bertz CT molecular complexity index is 467. The van der Waals surface area contributed by atoms with Gasteiger partial charge in [-0.05, 0) is 32.0 Å². The maximum Gasteiger partial charge on any atom is 0.225 e. The number of rotatable bonds is 4. The number of hydrogen-bond donors (Lipinski definition) is 1. The van der Waals surface area contributed by atoms with E-state index >= 15 is 0 Å². The molecule has 0 radical (unpaired) electrons. The Kier molecular flexibility index (Phi) is 5.40. The van der Waals surface area contributed by atoms with Crippen molar-refractivity contribution in [1.29, 1.82) is 0 Å². The molecule has 5 heteroatoms. The van der Waals surface area contributed by atoms with E-state index in [1.165, 1.54) is 0 Å². The van der Waals surface area contributed by atoms with Crippen molar-refractivity contribution in [2.75, 3.05) is 25.0 Å². The Labute approximate surface area is 125 Å². The maximum atomic E-state index is 11.9. The SMILES string of the molecule is CC1CN(CCC(=O)Nc2cccc(Cl)c2)C(C)CO1. The zero-order valence-electron chi connectivity index (χ0n) is 11.9. The van der Waals surface area contributed by atoms with Gasteiger partial charge in [0.05, 0.1) is 12.7 Å². The Hall–Kier alpha value is -1.10.